The molecule has 0 spiro atoms. The van der Waals surface area contributed by atoms with Gasteiger partial charge in [0.05, 0.1) is 12.2 Å². The highest BCUT2D eigenvalue weighted by atomic mass is 32.1. The zero-order valence-corrected chi connectivity index (χ0v) is 18.4. The highest BCUT2D eigenvalue weighted by Gasteiger charge is 2.25. The van der Waals surface area contributed by atoms with Crippen LogP contribution in [-0.4, -0.2) is 33.5 Å². The van der Waals surface area contributed by atoms with Gasteiger partial charge in [0.15, 0.2) is 17.3 Å². The number of fused-ring (bicyclic) bond motifs is 1. The largest absolute Gasteiger partial charge is 0.338 e. The van der Waals surface area contributed by atoms with Crippen molar-refractivity contribution in [1.82, 2.24) is 19.6 Å². The Hall–Kier alpha value is -2.23. The average Bonchev–Trinajstić information content (AvgIpc) is 2.99. The summed E-state index contributed by atoms with van der Waals surface area (Å²) in [4.78, 5) is 8.90. The Morgan fingerprint density at radius 2 is 2.23 bits per heavy atom. The highest BCUT2D eigenvalue weighted by molar-refractivity contribution is 7.78. The first-order valence-electron chi connectivity index (χ1n) is 10.7. The Kier molecular flexibility index (Phi) is 6.74. The van der Waals surface area contributed by atoms with Gasteiger partial charge in [-0.1, -0.05) is 19.7 Å². The minimum atomic E-state index is -0.431. The standard InChI is InChI=1S/C22H28F2N6S/c1-2-13-6-7-19(24)21(28-16-5-3-4-15(9-16)27-12-25)29-20(13)18-11-30(31)22-17(18)8-14(23)10-26-22/h7-8,10-11,15-16,27,31H,2-6,9,12,25H2,1H3,(H,28,29). The summed E-state index contributed by atoms with van der Waals surface area (Å²) < 4.78 is 30.5. The molecule has 1 saturated carbocycles. The lowest BCUT2D eigenvalue weighted by molar-refractivity contribution is 0.343. The molecule has 2 unspecified atom stereocenters. The number of nitrogens with zero attached hydrogens (tertiary/aromatic N) is 3. The van der Waals surface area contributed by atoms with Gasteiger partial charge in [0.25, 0.3) is 0 Å². The van der Waals surface area contributed by atoms with E-state index < -0.39 is 5.82 Å². The lowest BCUT2D eigenvalue weighted by atomic mass is 9.91. The molecule has 0 aromatic carbocycles. The van der Waals surface area contributed by atoms with Gasteiger partial charge in [0.2, 0.25) is 0 Å². The van der Waals surface area contributed by atoms with E-state index in [-0.39, 0.29) is 17.7 Å². The molecule has 2 aliphatic rings. The molecular formula is C22H28F2N6S. The second-order valence-corrected chi connectivity index (χ2v) is 8.46. The van der Waals surface area contributed by atoms with E-state index >= 15 is 4.39 Å². The van der Waals surface area contributed by atoms with Crippen molar-refractivity contribution in [2.75, 3.05) is 6.67 Å². The number of hydrogen-bond donors (Lipinski definition) is 4. The summed E-state index contributed by atoms with van der Waals surface area (Å²) in [5, 5.41) is 7.14. The van der Waals surface area contributed by atoms with E-state index in [1.807, 2.05) is 6.92 Å². The van der Waals surface area contributed by atoms with Gasteiger partial charge in [0, 0.05) is 35.6 Å². The molecule has 0 saturated heterocycles. The van der Waals surface area contributed by atoms with E-state index in [0.717, 1.165) is 48.7 Å². The SMILES string of the molecule is CCC1=C(c2cn(S)c3ncc(F)cc23)NC(=NC2CCCC(NCN)C2)C(F)=CC1. The molecule has 166 valence electrons. The molecule has 9 heteroatoms. The molecule has 2 aromatic heterocycles. The van der Waals surface area contributed by atoms with Gasteiger partial charge < -0.3 is 16.4 Å². The molecular weight excluding hydrogens is 418 g/mol. The lowest BCUT2D eigenvalue weighted by Crippen LogP contribution is -2.39. The van der Waals surface area contributed by atoms with Crippen molar-refractivity contribution in [3.63, 3.8) is 0 Å². The predicted molar refractivity (Wildman–Crippen MR) is 124 cm³/mol. The zero-order chi connectivity index (χ0) is 22.0. The third kappa shape index (κ3) is 4.68. The maximum atomic E-state index is 15.0. The molecule has 1 aliphatic heterocycles. The van der Waals surface area contributed by atoms with Crippen molar-refractivity contribution in [2.24, 2.45) is 10.7 Å². The lowest BCUT2D eigenvalue weighted by Gasteiger charge is -2.28. The third-order valence-corrected chi connectivity index (χ3v) is 6.31. The number of aromatic nitrogens is 2. The van der Waals surface area contributed by atoms with E-state index in [2.05, 4.69) is 28.4 Å². The molecule has 31 heavy (non-hydrogen) atoms. The summed E-state index contributed by atoms with van der Waals surface area (Å²) in [5.74, 6) is -0.575. The maximum Gasteiger partial charge on any atom is 0.162 e. The van der Waals surface area contributed by atoms with Crippen molar-refractivity contribution in [3.05, 3.63) is 47.3 Å². The molecule has 2 aromatic rings. The van der Waals surface area contributed by atoms with Crippen LogP contribution in [0.25, 0.3) is 16.7 Å². The summed E-state index contributed by atoms with van der Waals surface area (Å²) in [7, 11) is 0. The number of thiol groups is 1. The summed E-state index contributed by atoms with van der Waals surface area (Å²) in [6, 6.07) is 1.74. The van der Waals surface area contributed by atoms with Crippen molar-refractivity contribution in [2.45, 2.75) is 57.5 Å². The molecule has 0 amide bonds. The summed E-state index contributed by atoms with van der Waals surface area (Å²) >= 11 is 4.43. The van der Waals surface area contributed by atoms with Crippen LogP contribution in [0.2, 0.25) is 0 Å². The molecule has 3 heterocycles. The fourth-order valence-corrected chi connectivity index (χ4v) is 4.71. The topological polar surface area (TPSA) is 80.3 Å². The van der Waals surface area contributed by atoms with Crippen molar-refractivity contribution in [3.8, 4) is 0 Å². The number of nitrogens with one attached hydrogen (secondary N) is 2. The van der Waals surface area contributed by atoms with Gasteiger partial charge >= 0.3 is 0 Å². The summed E-state index contributed by atoms with van der Waals surface area (Å²) in [5.41, 5.74) is 8.66. The molecule has 0 radical (unpaired) electrons. The summed E-state index contributed by atoms with van der Waals surface area (Å²) in [6.07, 6.45) is 9.47. The first kappa shape index (κ1) is 22.0. The van der Waals surface area contributed by atoms with Crippen molar-refractivity contribution in [1.29, 1.82) is 0 Å². The van der Waals surface area contributed by atoms with Gasteiger partial charge in [-0.05, 0) is 56.2 Å². The van der Waals surface area contributed by atoms with E-state index in [1.54, 1.807) is 16.2 Å². The van der Waals surface area contributed by atoms with Crippen LogP contribution in [0.15, 0.2) is 40.9 Å². The third-order valence-electron chi connectivity index (χ3n) is 6.00. The van der Waals surface area contributed by atoms with E-state index in [9.17, 15) is 4.39 Å². The normalized spacial score (nSPS) is 23.8. The zero-order valence-electron chi connectivity index (χ0n) is 17.5. The average molecular weight is 447 g/mol. The number of hydrogen-bond acceptors (Lipinski definition) is 5. The molecule has 1 aliphatic carbocycles. The number of aliphatic imine (C=N–C) groups is 1. The fourth-order valence-electron chi connectivity index (χ4n) is 4.43. The number of nitrogens with two attached hydrogens (primary N) is 1. The minimum Gasteiger partial charge on any atom is -0.338 e. The fraction of sp³-hybridized carbons (Fsp3) is 0.455. The van der Waals surface area contributed by atoms with Gasteiger partial charge in [-0.3, -0.25) is 8.96 Å². The smallest absolute Gasteiger partial charge is 0.162 e. The second-order valence-electron chi connectivity index (χ2n) is 8.03. The van der Waals surface area contributed by atoms with Crippen LogP contribution in [0.4, 0.5) is 8.78 Å². The van der Waals surface area contributed by atoms with Crippen LogP contribution >= 0.6 is 12.8 Å². The first-order valence-corrected chi connectivity index (χ1v) is 11.1. The molecule has 1 fully saturated rings. The number of amidine groups is 1. The van der Waals surface area contributed by atoms with Gasteiger partial charge in [0.1, 0.15) is 5.82 Å². The van der Waals surface area contributed by atoms with Gasteiger partial charge in [-0.2, -0.15) is 0 Å². The van der Waals surface area contributed by atoms with Crippen LogP contribution < -0.4 is 16.4 Å². The predicted octanol–water partition coefficient (Wildman–Crippen LogP) is 4.05. The Morgan fingerprint density at radius 1 is 1.39 bits per heavy atom. The van der Waals surface area contributed by atoms with Crippen molar-refractivity contribution < 1.29 is 8.78 Å². The Morgan fingerprint density at radius 3 is 3.00 bits per heavy atom. The molecule has 4 N–H and O–H groups in total. The quantitative estimate of drug-likeness (QED) is 0.413. The first-order chi connectivity index (χ1) is 15.0. The van der Waals surface area contributed by atoms with Crippen molar-refractivity contribution >= 4 is 35.4 Å². The molecule has 0 bridgehead atoms. The van der Waals surface area contributed by atoms with E-state index in [4.69, 9.17) is 10.7 Å². The Bertz CT molecular complexity index is 1060. The Balaban J connectivity index is 1.72. The van der Waals surface area contributed by atoms with Crippen LogP contribution in [0.3, 0.4) is 0 Å². The highest BCUT2D eigenvalue weighted by Crippen LogP contribution is 2.32. The summed E-state index contributed by atoms with van der Waals surface area (Å²) in [6.45, 7) is 2.44. The van der Waals surface area contributed by atoms with E-state index in [1.165, 1.54) is 6.07 Å². The molecule has 2 atom stereocenters. The van der Waals surface area contributed by atoms with Crippen LogP contribution in [0.5, 0.6) is 0 Å². The van der Waals surface area contributed by atoms with Gasteiger partial charge in [-0.25, -0.2) is 13.8 Å². The minimum absolute atomic E-state index is 0.00853. The van der Waals surface area contributed by atoms with E-state index in [0.29, 0.717) is 36.6 Å². The number of halogens is 2. The van der Waals surface area contributed by atoms with Crippen LogP contribution in [0, 0.1) is 5.82 Å². The van der Waals surface area contributed by atoms with Crippen LogP contribution in [-0.2, 0) is 0 Å². The molecule has 4 rings (SSSR count). The second kappa shape index (κ2) is 9.50. The maximum absolute atomic E-state index is 15.0. The number of rotatable bonds is 5. The number of pyridine rings is 1. The Labute approximate surface area is 186 Å². The van der Waals surface area contributed by atoms with Crippen LogP contribution in [0.1, 0.15) is 51.0 Å². The monoisotopic (exact) mass is 446 g/mol. The van der Waals surface area contributed by atoms with Gasteiger partial charge in [-0.15, -0.1) is 0 Å². The number of allylic oxidation sites excluding steroid dienone is 2. The molecule has 6 nitrogen and oxygen atoms in total.